The molecule has 0 amide bonds. The molecule has 544 valence electrons. The highest BCUT2D eigenvalue weighted by Gasteiger charge is 2.21. The van der Waals surface area contributed by atoms with Crippen LogP contribution in [0.4, 0.5) is 34.1 Å². The third-order valence-electron chi connectivity index (χ3n) is 23.0. The normalized spacial score (nSPS) is 11.4. The number of para-hydroxylation sites is 1. The predicted octanol–water partition coefficient (Wildman–Crippen LogP) is 33.0. The van der Waals surface area contributed by atoms with E-state index in [4.69, 9.17) is 0 Å². The molecular formula is C112H74N2S2. The minimum absolute atomic E-state index is 1.10. The lowest BCUT2D eigenvalue weighted by Crippen LogP contribution is -2.11. The Morgan fingerprint density at radius 1 is 0.138 bits per heavy atom. The van der Waals surface area contributed by atoms with Crippen LogP contribution in [-0.2, 0) is 0 Å². The summed E-state index contributed by atoms with van der Waals surface area (Å²) in [6.45, 7) is 0. The highest BCUT2D eigenvalue weighted by Crippen LogP contribution is 2.46. The fraction of sp³-hybridized carbons (Fsp3) is 0. The van der Waals surface area contributed by atoms with Gasteiger partial charge in [-0.25, -0.2) is 0 Å². The molecule has 20 aromatic carbocycles. The summed E-state index contributed by atoms with van der Waals surface area (Å²) in [5, 5.41) is 15.5. The molecule has 0 fully saturated rings. The molecule has 116 heavy (non-hydrogen) atoms. The standard InChI is InChI=1S/2C56H37NS/c1-2-10-38(11-3-1)39-18-20-43(21-19-39)51-14-6-8-16-54(51)57(48-32-26-41(27-33-48)45-29-35-56-53(37-45)52-15-7-9-17-55(52)58-56)47-30-24-40(25-31-47)44-28-34-50-46(36-44)23-22-42-12-4-5-13-49(42)50;1-2-9-38(10-3-1)39-17-19-40(20-18-39)44-12-8-13-50(36-44)57(49-31-25-42(26-32-49)46-28-34-56-54(37-46)53-15-6-7-16-55(53)58-56)48-29-23-41(24-30-48)45-27-33-52-47(35-45)22-21-43-11-4-5-14-51(43)52/h2*1-37H. The Labute approximate surface area is 682 Å². The van der Waals surface area contributed by atoms with Gasteiger partial charge in [-0.15, -0.1) is 22.7 Å². The first-order chi connectivity index (χ1) is 57.4. The second-order valence-electron chi connectivity index (χ2n) is 29.9. The number of rotatable bonds is 14. The van der Waals surface area contributed by atoms with Gasteiger partial charge in [0.05, 0.1) is 5.69 Å². The molecule has 2 nitrogen and oxygen atoms in total. The van der Waals surface area contributed by atoms with Crippen molar-refractivity contribution in [3.8, 4) is 89.0 Å². The highest BCUT2D eigenvalue weighted by molar-refractivity contribution is 7.26. The molecule has 0 saturated heterocycles. The molecular weight excluding hydrogens is 1440 g/mol. The Balaban J connectivity index is 0.000000145. The molecule has 0 unspecified atom stereocenters. The van der Waals surface area contributed by atoms with Gasteiger partial charge in [0.1, 0.15) is 0 Å². The summed E-state index contributed by atoms with van der Waals surface area (Å²) < 4.78 is 5.30. The summed E-state index contributed by atoms with van der Waals surface area (Å²) in [5.41, 5.74) is 25.9. The van der Waals surface area contributed by atoms with Crippen LogP contribution in [0, 0.1) is 0 Å². The Hall–Kier alpha value is -14.5. The molecule has 0 aliphatic carbocycles. The van der Waals surface area contributed by atoms with E-state index in [1.165, 1.54) is 172 Å². The molecule has 0 atom stereocenters. The van der Waals surface area contributed by atoms with E-state index in [2.05, 4.69) is 459 Å². The van der Waals surface area contributed by atoms with Crippen LogP contribution in [0.3, 0.4) is 0 Å². The first-order valence-electron chi connectivity index (χ1n) is 39.6. The second kappa shape index (κ2) is 30.2. The Morgan fingerprint density at radius 2 is 0.431 bits per heavy atom. The molecule has 0 aliphatic rings. The molecule has 0 N–H and O–H groups in total. The number of hydrogen-bond donors (Lipinski definition) is 0. The van der Waals surface area contributed by atoms with Gasteiger partial charge in [-0.05, 0) is 242 Å². The van der Waals surface area contributed by atoms with Gasteiger partial charge >= 0.3 is 0 Å². The van der Waals surface area contributed by atoms with Crippen LogP contribution >= 0.6 is 22.7 Å². The smallest absolute Gasteiger partial charge is 0.0540 e. The van der Waals surface area contributed by atoms with E-state index in [1.807, 2.05) is 22.7 Å². The molecule has 2 aromatic heterocycles. The number of thiophene rings is 2. The van der Waals surface area contributed by atoms with Crippen LogP contribution in [0.5, 0.6) is 0 Å². The number of fused-ring (bicyclic) bond motifs is 12. The number of hydrogen-bond acceptors (Lipinski definition) is 4. The predicted molar refractivity (Wildman–Crippen MR) is 502 cm³/mol. The van der Waals surface area contributed by atoms with Gasteiger partial charge < -0.3 is 9.80 Å². The van der Waals surface area contributed by atoms with Crippen molar-refractivity contribution in [1.82, 2.24) is 0 Å². The van der Waals surface area contributed by atoms with Crippen molar-refractivity contribution in [2.24, 2.45) is 0 Å². The molecule has 2 heterocycles. The van der Waals surface area contributed by atoms with Crippen LogP contribution in [-0.4, -0.2) is 0 Å². The molecule has 4 heteroatoms. The molecule has 0 saturated carbocycles. The minimum atomic E-state index is 1.10. The van der Waals surface area contributed by atoms with E-state index in [0.29, 0.717) is 0 Å². The molecule has 22 rings (SSSR count). The minimum Gasteiger partial charge on any atom is -0.310 e. The number of benzene rings is 20. The Bertz CT molecular complexity index is 7390. The van der Waals surface area contributed by atoms with Crippen molar-refractivity contribution in [2.75, 3.05) is 9.80 Å². The third-order valence-corrected chi connectivity index (χ3v) is 25.3. The zero-order valence-corrected chi connectivity index (χ0v) is 65.1. The van der Waals surface area contributed by atoms with Gasteiger partial charge in [0.15, 0.2) is 0 Å². The molecule has 0 aliphatic heterocycles. The quantitative estimate of drug-likeness (QED) is 0.100. The first-order valence-corrected chi connectivity index (χ1v) is 41.3. The van der Waals surface area contributed by atoms with Gasteiger partial charge in [0.2, 0.25) is 0 Å². The lowest BCUT2D eigenvalue weighted by molar-refractivity contribution is 1.28. The molecule has 0 radical (unpaired) electrons. The summed E-state index contributed by atoms with van der Waals surface area (Å²) in [5.74, 6) is 0. The van der Waals surface area contributed by atoms with Crippen LogP contribution in [0.15, 0.2) is 449 Å². The molecule has 0 bridgehead atoms. The zero-order chi connectivity index (χ0) is 76.8. The van der Waals surface area contributed by atoms with Crippen molar-refractivity contribution >= 4 is 140 Å². The van der Waals surface area contributed by atoms with E-state index in [9.17, 15) is 0 Å². The SMILES string of the molecule is c1ccc(-c2ccc(-c3cccc(N(c4ccc(-c5ccc6c(ccc7ccccc76)c5)cc4)c4ccc(-c5ccc6sc7ccccc7c6c5)cc4)c3)cc2)cc1.c1ccc(-c2ccc(-c3ccccc3N(c3ccc(-c4ccc5c(ccc6ccccc65)c4)cc3)c3ccc(-c4ccc5sc6ccccc6c5c4)cc3)cc2)cc1. The summed E-state index contributed by atoms with van der Waals surface area (Å²) >= 11 is 3.72. The van der Waals surface area contributed by atoms with E-state index in [-0.39, 0.29) is 0 Å². The maximum Gasteiger partial charge on any atom is 0.0540 e. The topological polar surface area (TPSA) is 6.48 Å². The lowest BCUT2D eigenvalue weighted by atomic mass is 9.96. The van der Waals surface area contributed by atoms with E-state index < -0.39 is 0 Å². The number of anilines is 6. The Kier molecular flexibility index (Phi) is 18.1. The molecule has 0 spiro atoms. The summed E-state index contributed by atoms with van der Waals surface area (Å²) in [6, 6.07) is 164. The highest BCUT2D eigenvalue weighted by atomic mass is 32.1. The average molecular weight is 1510 g/mol. The van der Waals surface area contributed by atoms with Gasteiger partial charge in [0, 0.05) is 74.3 Å². The van der Waals surface area contributed by atoms with E-state index in [0.717, 1.165) is 34.1 Å². The largest absolute Gasteiger partial charge is 0.310 e. The van der Waals surface area contributed by atoms with Crippen molar-refractivity contribution in [3.05, 3.63) is 449 Å². The van der Waals surface area contributed by atoms with Gasteiger partial charge in [-0.1, -0.05) is 334 Å². The average Bonchev–Trinajstić information content (AvgIpc) is 1.29. The van der Waals surface area contributed by atoms with Crippen LogP contribution in [0.25, 0.3) is 172 Å². The second-order valence-corrected chi connectivity index (χ2v) is 32.0. The monoisotopic (exact) mass is 1510 g/mol. The summed E-state index contributed by atoms with van der Waals surface area (Å²) in [4.78, 5) is 4.77. The van der Waals surface area contributed by atoms with Crippen LogP contribution < -0.4 is 9.80 Å². The van der Waals surface area contributed by atoms with Gasteiger partial charge in [-0.2, -0.15) is 0 Å². The maximum absolute atomic E-state index is 2.40. The fourth-order valence-corrected chi connectivity index (χ4v) is 19.2. The zero-order valence-electron chi connectivity index (χ0n) is 63.4. The van der Waals surface area contributed by atoms with Crippen molar-refractivity contribution in [1.29, 1.82) is 0 Å². The summed E-state index contributed by atoms with van der Waals surface area (Å²) in [6.07, 6.45) is 0. The van der Waals surface area contributed by atoms with Crippen molar-refractivity contribution in [3.63, 3.8) is 0 Å². The Morgan fingerprint density at radius 3 is 0.888 bits per heavy atom. The summed E-state index contributed by atoms with van der Waals surface area (Å²) in [7, 11) is 0. The fourth-order valence-electron chi connectivity index (χ4n) is 17.0. The van der Waals surface area contributed by atoms with E-state index in [1.54, 1.807) is 0 Å². The van der Waals surface area contributed by atoms with Gasteiger partial charge in [-0.3, -0.25) is 0 Å². The molecule has 22 aromatic rings. The van der Waals surface area contributed by atoms with Crippen LogP contribution in [0.2, 0.25) is 0 Å². The van der Waals surface area contributed by atoms with Crippen molar-refractivity contribution < 1.29 is 0 Å². The van der Waals surface area contributed by atoms with E-state index >= 15 is 0 Å². The maximum atomic E-state index is 2.40. The first kappa shape index (κ1) is 69.4. The third kappa shape index (κ3) is 13.4. The van der Waals surface area contributed by atoms with Gasteiger partial charge in [0.25, 0.3) is 0 Å². The van der Waals surface area contributed by atoms with Crippen molar-refractivity contribution in [2.45, 2.75) is 0 Å². The number of nitrogens with zero attached hydrogens (tertiary/aromatic N) is 2. The van der Waals surface area contributed by atoms with Crippen LogP contribution in [0.1, 0.15) is 0 Å². The lowest BCUT2D eigenvalue weighted by Gasteiger charge is -2.28.